The third-order valence-corrected chi connectivity index (χ3v) is 4.74. The highest BCUT2D eigenvalue weighted by molar-refractivity contribution is 5.56. The number of rotatable bonds is 6. The molecule has 0 aliphatic heterocycles. The predicted octanol–water partition coefficient (Wildman–Crippen LogP) is 3.61. The van der Waals surface area contributed by atoms with E-state index in [2.05, 4.69) is 25.5 Å². The largest absolute Gasteiger partial charge is 0.384 e. The Balaban J connectivity index is 1.88. The first kappa shape index (κ1) is 20.0. The van der Waals surface area contributed by atoms with Gasteiger partial charge in [-0.2, -0.15) is 10.1 Å². The topological polar surface area (TPSA) is 100 Å². The average molecular weight is 410 g/mol. The fourth-order valence-electron chi connectivity index (χ4n) is 3.34. The summed E-state index contributed by atoms with van der Waals surface area (Å²) in [5, 5.41) is 20.9. The third-order valence-electron chi connectivity index (χ3n) is 4.74. The number of aliphatic hydroxyl groups is 1. The van der Waals surface area contributed by atoms with Gasteiger partial charge in [0.1, 0.15) is 17.6 Å². The van der Waals surface area contributed by atoms with Gasteiger partial charge < -0.3 is 15.2 Å². The highest BCUT2D eigenvalue weighted by atomic mass is 19.1. The Labute approximate surface area is 172 Å². The number of benzene rings is 1. The molecule has 1 atom stereocenters. The molecule has 3 heterocycles. The SMILES string of the molecule is COC(c1ccc(F)cc1)c1nc(Nc2cc(C)[nH]n2)n2c(C(C)(C)O)ccc2n1. The van der Waals surface area contributed by atoms with E-state index < -0.39 is 11.7 Å². The number of aromatic amines is 1. The van der Waals surface area contributed by atoms with Crippen LogP contribution in [0.5, 0.6) is 0 Å². The minimum Gasteiger partial charge on any atom is -0.384 e. The second-order valence-corrected chi connectivity index (χ2v) is 7.61. The van der Waals surface area contributed by atoms with Crippen LogP contribution in [0, 0.1) is 12.7 Å². The fraction of sp³-hybridized carbons (Fsp3) is 0.286. The molecule has 0 bridgehead atoms. The van der Waals surface area contributed by atoms with E-state index in [4.69, 9.17) is 4.74 Å². The normalized spacial score (nSPS) is 13.0. The monoisotopic (exact) mass is 410 g/mol. The van der Waals surface area contributed by atoms with E-state index in [0.29, 0.717) is 28.9 Å². The maximum atomic E-state index is 13.4. The lowest BCUT2D eigenvalue weighted by atomic mass is 10.1. The maximum absolute atomic E-state index is 13.4. The van der Waals surface area contributed by atoms with Crippen LogP contribution >= 0.6 is 0 Å². The first-order valence-corrected chi connectivity index (χ1v) is 9.46. The molecule has 0 amide bonds. The van der Waals surface area contributed by atoms with E-state index in [1.165, 1.54) is 12.1 Å². The number of H-pyrrole nitrogens is 1. The van der Waals surface area contributed by atoms with Gasteiger partial charge in [0.25, 0.3) is 0 Å². The first-order valence-electron chi connectivity index (χ1n) is 9.46. The van der Waals surface area contributed by atoms with Crippen LogP contribution < -0.4 is 5.32 Å². The van der Waals surface area contributed by atoms with Gasteiger partial charge in [-0.05, 0) is 50.6 Å². The Morgan fingerprint density at radius 2 is 1.90 bits per heavy atom. The Bertz CT molecular complexity index is 1180. The lowest BCUT2D eigenvalue weighted by Crippen LogP contribution is -2.21. The van der Waals surface area contributed by atoms with Gasteiger partial charge in [0.2, 0.25) is 5.95 Å². The number of fused-ring (bicyclic) bond motifs is 1. The zero-order valence-corrected chi connectivity index (χ0v) is 17.1. The fourth-order valence-corrected chi connectivity index (χ4v) is 3.34. The number of ether oxygens (including phenoxy) is 1. The summed E-state index contributed by atoms with van der Waals surface area (Å²) < 4.78 is 20.7. The maximum Gasteiger partial charge on any atom is 0.216 e. The summed E-state index contributed by atoms with van der Waals surface area (Å²) in [6.07, 6.45) is -0.599. The summed E-state index contributed by atoms with van der Waals surface area (Å²) in [6.45, 7) is 5.29. The Morgan fingerprint density at radius 3 is 2.50 bits per heavy atom. The second-order valence-electron chi connectivity index (χ2n) is 7.61. The zero-order chi connectivity index (χ0) is 21.5. The van der Waals surface area contributed by atoms with Crippen molar-refractivity contribution < 1.29 is 14.2 Å². The van der Waals surface area contributed by atoms with Crippen LogP contribution in [0.2, 0.25) is 0 Å². The molecular weight excluding hydrogens is 387 g/mol. The van der Waals surface area contributed by atoms with Crippen molar-refractivity contribution in [3.63, 3.8) is 0 Å². The number of aromatic nitrogens is 5. The molecule has 4 aromatic rings. The smallest absolute Gasteiger partial charge is 0.216 e. The predicted molar refractivity (Wildman–Crippen MR) is 110 cm³/mol. The summed E-state index contributed by atoms with van der Waals surface area (Å²) in [5.74, 6) is 1.06. The van der Waals surface area contributed by atoms with E-state index in [1.807, 2.05) is 13.0 Å². The number of nitrogens with one attached hydrogen (secondary N) is 2. The van der Waals surface area contributed by atoms with Gasteiger partial charge in [0.05, 0.1) is 11.3 Å². The van der Waals surface area contributed by atoms with Gasteiger partial charge in [-0.1, -0.05) is 12.1 Å². The molecule has 30 heavy (non-hydrogen) atoms. The minimum absolute atomic E-state index is 0.331. The van der Waals surface area contributed by atoms with Crippen LogP contribution in [-0.4, -0.2) is 36.8 Å². The summed E-state index contributed by atoms with van der Waals surface area (Å²) >= 11 is 0. The highest BCUT2D eigenvalue weighted by Gasteiger charge is 2.25. The van der Waals surface area contributed by atoms with Crippen molar-refractivity contribution in [2.45, 2.75) is 32.5 Å². The Hall–Kier alpha value is -3.30. The van der Waals surface area contributed by atoms with Crippen LogP contribution in [0.3, 0.4) is 0 Å². The van der Waals surface area contributed by atoms with Gasteiger partial charge in [-0.3, -0.25) is 9.50 Å². The molecule has 0 spiro atoms. The lowest BCUT2D eigenvalue weighted by molar-refractivity contribution is 0.0730. The molecule has 0 radical (unpaired) electrons. The number of methoxy groups -OCH3 is 1. The molecule has 3 aromatic heterocycles. The van der Waals surface area contributed by atoms with Crippen molar-refractivity contribution in [3.8, 4) is 0 Å². The van der Waals surface area contributed by atoms with Crippen LogP contribution in [0.4, 0.5) is 16.2 Å². The minimum atomic E-state index is -1.12. The van der Waals surface area contributed by atoms with E-state index in [9.17, 15) is 9.50 Å². The zero-order valence-electron chi connectivity index (χ0n) is 17.1. The molecule has 8 nitrogen and oxygen atoms in total. The molecule has 1 unspecified atom stereocenters. The molecule has 0 aliphatic rings. The van der Waals surface area contributed by atoms with Gasteiger partial charge in [0.15, 0.2) is 11.6 Å². The first-order chi connectivity index (χ1) is 14.3. The number of anilines is 2. The van der Waals surface area contributed by atoms with Crippen LogP contribution in [0.25, 0.3) is 5.65 Å². The number of halogens is 1. The van der Waals surface area contributed by atoms with Crippen molar-refractivity contribution in [2.24, 2.45) is 0 Å². The number of hydrogen-bond donors (Lipinski definition) is 3. The molecule has 4 rings (SSSR count). The Morgan fingerprint density at radius 1 is 1.17 bits per heavy atom. The van der Waals surface area contributed by atoms with Gasteiger partial charge in [-0.15, -0.1) is 0 Å². The second kappa shape index (κ2) is 7.51. The van der Waals surface area contributed by atoms with E-state index in [1.54, 1.807) is 49.6 Å². The van der Waals surface area contributed by atoms with Gasteiger partial charge in [-0.25, -0.2) is 9.37 Å². The highest BCUT2D eigenvalue weighted by Crippen LogP contribution is 2.29. The molecule has 0 aliphatic carbocycles. The quantitative estimate of drug-likeness (QED) is 0.449. The molecule has 9 heteroatoms. The molecule has 1 aromatic carbocycles. The molecular formula is C21H23FN6O2. The van der Waals surface area contributed by atoms with E-state index >= 15 is 0 Å². The standard InChI is InChI=1S/C21H23FN6O2/c1-12-11-16(27-26-12)23-20-25-19(18(30-4)13-5-7-14(22)8-6-13)24-17-10-9-15(28(17)20)21(2,3)29/h5-11,18,29H,1-4H3,(H2,23,24,25,26,27). The summed E-state index contributed by atoms with van der Waals surface area (Å²) in [5.41, 5.74) is 1.69. The van der Waals surface area contributed by atoms with Crippen molar-refractivity contribution in [1.29, 1.82) is 0 Å². The number of nitrogens with zero attached hydrogens (tertiary/aromatic N) is 4. The van der Waals surface area contributed by atoms with Crippen LogP contribution in [0.1, 0.15) is 42.7 Å². The van der Waals surface area contributed by atoms with Crippen molar-refractivity contribution in [2.75, 3.05) is 12.4 Å². The molecule has 156 valence electrons. The van der Waals surface area contributed by atoms with Crippen molar-refractivity contribution >= 4 is 17.4 Å². The van der Waals surface area contributed by atoms with E-state index in [0.717, 1.165) is 11.3 Å². The summed E-state index contributed by atoms with van der Waals surface area (Å²) in [4.78, 5) is 9.32. The molecule has 0 saturated heterocycles. The third kappa shape index (κ3) is 3.77. The van der Waals surface area contributed by atoms with Gasteiger partial charge >= 0.3 is 0 Å². The van der Waals surface area contributed by atoms with Crippen LogP contribution in [0.15, 0.2) is 42.5 Å². The number of aryl methyl sites for hydroxylation is 1. The van der Waals surface area contributed by atoms with Crippen molar-refractivity contribution in [3.05, 3.63) is 71.1 Å². The Kier molecular flexibility index (Phi) is 5.00. The molecule has 0 fully saturated rings. The summed E-state index contributed by atoms with van der Waals surface area (Å²) in [6, 6.07) is 11.5. The molecule has 3 N–H and O–H groups in total. The summed E-state index contributed by atoms with van der Waals surface area (Å²) in [7, 11) is 1.55. The number of hydrogen-bond acceptors (Lipinski definition) is 6. The average Bonchev–Trinajstić information content (AvgIpc) is 3.30. The van der Waals surface area contributed by atoms with Crippen LogP contribution in [-0.2, 0) is 10.3 Å². The van der Waals surface area contributed by atoms with Crippen molar-refractivity contribution in [1.82, 2.24) is 24.6 Å². The lowest BCUT2D eigenvalue weighted by Gasteiger charge is -2.21. The van der Waals surface area contributed by atoms with E-state index in [-0.39, 0.29) is 5.82 Å². The van der Waals surface area contributed by atoms with Gasteiger partial charge in [0, 0.05) is 18.9 Å². The molecule has 0 saturated carbocycles.